The normalized spacial score (nSPS) is 19.0. The Labute approximate surface area is 124 Å². The van der Waals surface area contributed by atoms with Gasteiger partial charge >= 0.3 is 0 Å². The van der Waals surface area contributed by atoms with Crippen molar-refractivity contribution in [2.45, 2.75) is 25.5 Å². The lowest BCUT2D eigenvalue weighted by Crippen LogP contribution is -2.32. The van der Waals surface area contributed by atoms with Crippen LogP contribution in [0.25, 0.3) is 0 Å². The minimum atomic E-state index is -0.296. The van der Waals surface area contributed by atoms with Crippen LogP contribution in [0.1, 0.15) is 35.8 Å². The van der Waals surface area contributed by atoms with Gasteiger partial charge in [0, 0.05) is 11.8 Å². The summed E-state index contributed by atoms with van der Waals surface area (Å²) >= 11 is 0. The highest BCUT2D eigenvalue weighted by Crippen LogP contribution is 2.37. The van der Waals surface area contributed by atoms with Crippen LogP contribution in [-0.4, -0.2) is 18.1 Å². The van der Waals surface area contributed by atoms with Gasteiger partial charge in [-0.05, 0) is 30.2 Å². The van der Waals surface area contributed by atoms with Gasteiger partial charge in [0.2, 0.25) is 0 Å². The van der Waals surface area contributed by atoms with Gasteiger partial charge in [-0.3, -0.25) is 4.98 Å². The van der Waals surface area contributed by atoms with Crippen molar-refractivity contribution in [2.24, 2.45) is 0 Å². The number of hydrogen-bond donors (Lipinski definition) is 1. The van der Waals surface area contributed by atoms with Crippen molar-refractivity contribution in [1.29, 1.82) is 0 Å². The van der Waals surface area contributed by atoms with Gasteiger partial charge in [0.1, 0.15) is 11.9 Å². The van der Waals surface area contributed by atoms with E-state index in [-0.39, 0.29) is 18.0 Å². The Bertz CT molecular complexity index is 617. The first-order valence-corrected chi connectivity index (χ1v) is 7.33. The van der Waals surface area contributed by atoms with Crippen LogP contribution in [0.3, 0.4) is 0 Å². The monoisotopic (exact) mass is 286 g/mol. The highest BCUT2D eigenvalue weighted by atomic mass is 19.1. The molecule has 1 aliphatic rings. The molecule has 0 bridgehead atoms. The Balaban J connectivity index is 2.01. The molecule has 0 spiro atoms. The minimum absolute atomic E-state index is 0.174. The number of rotatable bonds is 4. The fraction of sp³-hybridized carbons (Fsp3) is 0.353. The standard InChI is InChI=1S/C17H19FN2O/c1-2-20-16(14-7-9-19-11-15(14)18)17-13-6-4-3-5-12(13)8-10-21-17/h3-7,9,11,16-17,20H,2,8,10H2,1H3. The molecule has 2 aromatic rings. The molecule has 1 N–H and O–H groups in total. The first kappa shape index (κ1) is 14.2. The predicted octanol–water partition coefficient (Wildman–Crippen LogP) is 3.19. The molecule has 2 heterocycles. The smallest absolute Gasteiger partial charge is 0.146 e. The van der Waals surface area contributed by atoms with E-state index in [1.54, 1.807) is 12.3 Å². The highest BCUT2D eigenvalue weighted by Gasteiger charge is 2.30. The van der Waals surface area contributed by atoms with Gasteiger partial charge in [0.25, 0.3) is 0 Å². The van der Waals surface area contributed by atoms with Crippen molar-refractivity contribution >= 4 is 0 Å². The van der Waals surface area contributed by atoms with Crippen LogP contribution in [0, 0.1) is 5.82 Å². The van der Waals surface area contributed by atoms with Gasteiger partial charge < -0.3 is 10.1 Å². The molecule has 21 heavy (non-hydrogen) atoms. The first-order valence-electron chi connectivity index (χ1n) is 7.33. The molecule has 2 unspecified atom stereocenters. The SMILES string of the molecule is CCNC(c1ccncc1F)C1OCCc2ccccc21. The van der Waals surface area contributed by atoms with Crippen molar-refractivity contribution in [3.8, 4) is 0 Å². The van der Waals surface area contributed by atoms with Gasteiger partial charge in [0.15, 0.2) is 0 Å². The second-order valence-electron chi connectivity index (χ2n) is 5.17. The van der Waals surface area contributed by atoms with Gasteiger partial charge in [-0.2, -0.15) is 0 Å². The topological polar surface area (TPSA) is 34.2 Å². The molecule has 1 aromatic carbocycles. The molecule has 4 heteroatoms. The van der Waals surface area contributed by atoms with E-state index >= 15 is 0 Å². The van der Waals surface area contributed by atoms with Crippen LogP contribution in [0.2, 0.25) is 0 Å². The third-order valence-electron chi connectivity index (χ3n) is 3.90. The summed E-state index contributed by atoms with van der Waals surface area (Å²) in [6.45, 7) is 3.42. The van der Waals surface area contributed by atoms with E-state index in [0.29, 0.717) is 12.2 Å². The summed E-state index contributed by atoms with van der Waals surface area (Å²) < 4.78 is 20.1. The number of hydrogen-bond acceptors (Lipinski definition) is 3. The van der Waals surface area contributed by atoms with Gasteiger partial charge in [0.05, 0.1) is 18.8 Å². The summed E-state index contributed by atoms with van der Waals surface area (Å²) in [5.74, 6) is -0.296. The van der Waals surface area contributed by atoms with E-state index in [1.807, 2.05) is 19.1 Å². The van der Waals surface area contributed by atoms with Crippen molar-refractivity contribution in [1.82, 2.24) is 10.3 Å². The molecular formula is C17H19FN2O. The fourth-order valence-corrected chi connectivity index (χ4v) is 2.94. The van der Waals surface area contributed by atoms with E-state index in [1.165, 1.54) is 11.8 Å². The zero-order chi connectivity index (χ0) is 14.7. The van der Waals surface area contributed by atoms with Crippen LogP contribution in [0.5, 0.6) is 0 Å². The lowest BCUT2D eigenvalue weighted by Gasteiger charge is -2.33. The van der Waals surface area contributed by atoms with Crippen LogP contribution < -0.4 is 5.32 Å². The van der Waals surface area contributed by atoms with Crippen LogP contribution in [-0.2, 0) is 11.2 Å². The molecular weight excluding hydrogens is 267 g/mol. The van der Waals surface area contributed by atoms with Crippen molar-refractivity contribution in [3.63, 3.8) is 0 Å². The summed E-state index contributed by atoms with van der Waals surface area (Å²) in [5, 5.41) is 3.36. The molecule has 0 saturated heterocycles. The number of fused-ring (bicyclic) bond motifs is 1. The van der Waals surface area contributed by atoms with Crippen LogP contribution in [0.15, 0.2) is 42.7 Å². The largest absolute Gasteiger partial charge is 0.371 e. The molecule has 0 saturated carbocycles. The lowest BCUT2D eigenvalue weighted by atomic mass is 9.90. The van der Waals surface area contributed by atoms with Crippen molar-refractivity contribution in [3.05, 3.63) is 65.2 Å². The highest BCUT2D eigenvalue weighted by molar-refractivity contribution is 5.34. The first-order chi connectivity index (χ1) is 10.3. The Morgan fingerprint density at radius 1 is 1.38 bits per heavy atom. The quantitative estimate of drug-likeness (QED) is 0.937. The second kappa shape index (κ2) is 6.33. The summed E-state index contributed by atoms with van der Waals surface area (Å²) in [5.41, 5.74) is 3.03. The maximum absolute atomic E-state index is 14.1. The van der Waals surface area contributed by atoms with E-state index in [0.717, 1.165) is 18.5 Å². The van der Waals surface area contributed by atoms with E-state index in [9.17, 15) is 4.39 Å². The van der Waals surface area contributed by atoms with Crippen molar-refractivity contribution < 1.29 is 9.13 Å². The zero-order valence-corrected chi connectivity index (χ0v) is 12.1. The molecule has 1 aliphatic heterocycles. The number of likely N-dealkylation sites (N-methyl/N-ethyl adjacent to an activating group) is 1. The molecule has 3 rings (SSSR count). The predicted molar refractivity (Wildman–Crippen MR) is 79.5 cm³/mol. The lowest BCUT2D eigenvalue weighted by molar-refractivity contribution is 0.0142. The number of ether oxygens (including phenoxy) is 1. The van der Waals surface area contributed by atoms with E-state index in [4.69, 9.17) is 4.74 Å². The number of halogens is 1. The molecule has 0 amide bonds. The summed E-state index contributed by atoms with van der Waals surface area (Å²) in [7, 11) is 0. The van der Waals surface area contributed by atoms with Gasteiger partial charge in [-0.25, -0.2) is 4.39 Å². The third kappa shape index (κ3) is 2.82. The maximum Gasteiger partial charge on any atom is 0.146 e. The van der Waals surface area contributed by atoms with E-state index < -0.39 is 0 Å². The minimum Gasteiger partial charge on any atom is -0.371 e. The Hall–Kier alpha value is -1.78. The second-order valence-corrected chi connectivity index (χ2v) is 5.17. The molecule has 2 atom stereocenters. The maximum atomic E-state index is 14.1. The van der Waals surface area contributed by atoms with Crippen LogP contribution >= 0.6 is 0 Å². The molecule has 0 radical (unpaired) electrons. The molecule has 110 valence electrons. The molecule has 3 nitrogen and oxygen atoms in total. The summed E-state index contributed by atoms with van der Waals surface area (Å²) in [4.78, 5) is 3.83. The zero-order valence-electron chi connectivity index (χ0n) is 12.1. The fourth-order valence-electron chi connectivity index (χ4n) is 2.94. The van der Waals surface area contributed by atoms with Gasteiger partial charge in [-0.1, -0.05) is 31.2 Å². The number of nitrogens with zero attached hydrogens (tertiary/aromatic N) is 1. The Kier molecular flexibility index (Phi) is 4.27. The number of nitrogens with one attached hydrogen (secondary N) is 1. The summed E-state index contributed by atoms with van der Waals surface area (Å²) in [6.07, 6.45) is 3.61. The number of benzene rings is 1. The average Bonchev–Trinajstić information content (AvgIpc) is 2.53. The summed E-state index contributed by atoms with van der Waals surface area (Å²) in [6, 6.07) is 9.75. The van der Waals surface area contributed by atoms with Crippen LogP contribution in [0.4, 0.5) is 4.39 Å². The molecule has 0 fully saturated rings. The van der Waals surface area contributed by atoms with E-state index in [2.05, 4.69) is 22.4 Å². The van der Waals surface area contributed by atoms with Gasteiger partial charge in [-0.15, -0.1) is 0 Å². The molecule has 0 aliphatic carbocycles. The molecule has 1 aromatic heterocycles. The number of aromatic nitrogens is 1. The third-order valence-corrected chi connectivity index (χ3v) is 3.90. The Morgan fingerprint density at radius 2 is 2.24 bits per heavy atom. The average molecular weight is 286 g/mol. The van der Waals surface area contributed by atoms with Crippen molar-refractivity contribution in [2.75, 3.05) is 13.2 Å². The Morgan fingerprint density at radius 3 is 3.05 bits per heavy atom. The number of pyridine rings is 1.